The van der Waals surface area contributed by atoms with Gasteiger partial charge in [-0.25, -0.2) is 4.79 Å². The topological polar surface area (TPSA) is 91.9 Å². The molecule has 0 unspecified atom stereocenters. The summed E-state index contributed by atoms with van der Waals surface area (Å²) in [5.74, 6) is 1.46. The van der Waals surface area contributed by atoms with E-state index in [1.54, 1.807) is 31.4 Å². The van der Waals surface area contributed by atoms with Gasteiger partial charge in [-0.15, -0.1) is 0 Å². The molecule has 0 aliphatic rings. The fourth-order valence-corrected chi connectivity index (χ4v) is 2.15. The van der Waals surface area contributed by atoms with Gasteiger partial charge in [0.05, 0.1) is 7.11 Å². The van der Waals surface area contributed by atoms with Crippen LogP contribution in [0.1, 0.15) is 0 Å². The first-order valence-electron chi connectivity index (χ1n) is 8.43. The van der Waals surface area contributed by atoms with Gasteiger partial charge in [0, 0.05) is 25.3 Å². The van der Waals surface area contributed by atoms with E-state index in [1.165, 1.54) is 0 Å². The minimum absolute atomic E-state index is 0.211. The molecule has 1 atom stereocenters. The molecular weight excluding hydrogens is 334 g/mol. The molecule has 2 rings (SSSR count). The van der Waals surface area contributed by atoms with E-state index >= 15 is 0 Å². The first kappa shape index (κ1) is 19.6. The Balaban J connectivity index is 1.53. The third-order valence-electron chi connectivity index (χ3n) is 3.50. The summed E-state index contributed by atoms with van der Waals surface area (Å²) in [6, 6.07) is 16.1. The lowest BCUT2D eigenvalue weighted by atomic mass is 10.3. The van der Waals surface area contributed by atoms with E-state index in [1.807, 2.05) is 30.3 Å². The molecule has 0 fully saturated rings. The number of hydrogen-bond donors (Lipinski definition) is 4. The number of hydrogen-bond acceptors (Lipinski definition) is 5. The average Bonchev–Trinajstić information content (AvgIpc) is 2.67. The van der Waals surface area contributed by atoms with Gasteiger partial charge in [0.1, 0.15) is 24.2 Å². The summed E-state index contributed by atoms with van der Waals surface area (Å²) in [5.41, 5.74) is 0.685. The van der Waals surface area contributed by atoms with Crippen LogP contribution in [0.15, 0.2) is 54.6 Å². The number of aliphatic hydroxyl groups excluding tert-OH is 1. The average molecular weight is 359 g/mol. The summed E-state index contributed by atoms with van der Waals surface area (Å²) in [6.45, 7) is 1.57. The first-order valence-corrected chi connectivity index (χ1v) is 8.43. The van der Waals surface area contributed by atoms with Gasteiger partial charge < -0.3 is 30.5 Å². The number of carbonyl (C=O) groups excluding carboxylic acids is 1. The van der Waals surface area contributed by atoms with Crippen molar-refractivity contribution < 1.29 is 19.4 Å². The first-order chi connectivity index (χ1) is 12.7. The SMILES string of the molecule is COc1ccc(NC(=O)NCCNC[C@@H](O)COc2ccccc2)cc1. The largest absolute Gasteiger partial charge is 0.497 e. The van der Waals surface area contributed by atoms with Crippen LogP contribution in [0, 0.1) is 0 Å². The minimum atomic E-state index is -0.622. The van der Waals surface area contributed by atoms with Crippen molar-refractivity contribution in [2.24, 2.45) is 0 Å². The molecule has 0 saturated heterocycles. The molecule has 2 amide bonds. The van der Waals surface area contributed by atoms with E-state index in [0.29, 0.717) is 25.3 Å². The number of carbonyl (C=O) groups is 1. The molecule has 4 N–H and O–H groups in total. The number of methoxy groups -OCH3 is 1. The van der Waals surface area contributed by atoms with E-state index in [-0.39, 0.29) is 12.6 Å². The van der Waals surface area contributed by atoms with E-state index in [9.17, 15) is 9.90 Å². The van der Waals surface area contributed by atoms with Gasteiger partial charge in [0.2, 0.25) is 0 Å². The zero-order chi connectivity index (χ0) is 18.6. The fraction of sp³-hybridized carbons (Fsp3) is 0.316. The molecular formula is C19H25N3O4. The van der Waals surface area contributed by atoms with Crippen LogP contribution in [0.5, 0.6) is 11.5 Å². The molecule has 7 nitrogen and oxygen atoms in total. The van der Waals surface area contributed by atoms with Crippen LogP contribution in [-0.2, 0) is 0 Å². The summed E-state index contributed by atoms with van der Waals surface area (Å²) < 4.78 is 10.5. The second-order valence-electron chi connectivity index (χ2n) is 5.59. The smallest absolute Gasteiger partial charge is 0.319 e. The van der Waals surface area contributed by atoms with Gasteiger partial charge in [0.15, 0.2) is 0 Å². The Hall–Kier alpha value is -2.77. The number of aliphatic hydroxyl groups is 1. The fourth-order valence-electron chi connectivity index (χ4n) is 2.15. The van der Waals surface area contributed by atoms with Crippen molar-refractivity contribution in [2.45, 2.75) is 6.10 Å². The number of amides is 2. The van der Waals surface area contributed by atoms with E-state index in [0.717, 1.165) is 11.5 Å². The van der Waals surface area contributed by atoms with Gasteiger partial charge in [-0.05, 0) is 36.4 Å². The van der Waals surface area contributed by atoms with Crippen molar-refractivity contribution in [3.05, 3.63) is 54.6 Å². The van der Waals surface area contributed by atoms with Crippen molar-refractivity contribution in [1.82, 2.24) is 10.6 Å². The van der Waals surface area contributed by atoms with E-state index < -0.39 is 6.10 Å². The molecule has 0 aliphatic heterocycles. The van der Waals surface area contributed by atoms with Crippen LogP contribution < -0.4 is 25.4 Å². The van der Waals surface area contributed by atoms with Gasteiger partial charge in [-0.2, -0.15) is 0 Å². The monoisotopic (exact) mass is 359 g/mol. The highest BCUT2D eigenvalue weighted by Gasteiger charge is 2.05. The quantitative estimate of drug-likeness (QED) is 0.486. The van der Waals surface area contributed by atoms with Crippen molar-refractivity contribution in [1.29, 1.82) is 0 Å². The summed E-state index contributed by atoms with van der Waals surface area (Å²) in [4.78, 5) is 11.8. The van der Waals surface area contributed by atoms with Gasteiger partial charge >= 0.3 is 6.03 Å². The number of ether oxygens (including phenoxy) is 2. The maximum Gasteiger partial charge on any atom is 0.319 e. The minimum Gasteiger partial charge on any atom is -0.497 e. The zero-order valence-electron chi connectivity index (χ0n) is 14.8. The number of para-hydroxylation sites is 1. The van der Waals surface area contributed by atoms with Crippen LogP contribution in [0.2, 0.25) is 0 Å². The highest BCUT2D eigenvalue weighted by atomic mass is 16.5. The maximum absolute atomic E-state index is 11.8. The molecule has 2 aromatic carbocycles. The number of rotatable bonds is 10. The number of anilines is 1. The van der Waals surface area contributed by atoms with Gasteiger partial charge in [0.25, 0.3) is 0 Å². The molecule has 2 aromatic rings. The molecule has 0 heterocycles. The Kier molecular flexibility index (Phi) is 8.25. The van der Waals surface area contributed by atoms with Crippen LogP contribution >= 0.6 is 0 Å². The van der Waals surface area contributed by atoms with Crippen LogP contribution in [0.25, 0.3) is 0 Å². The number of nitrogens with one attached hydrogen (secondary N) is 3. The van der Waals surface area contributed by atoms with Crippen LogP contribution in [0.4, 0.5) is 10.5 Å². The second-order valence-corrected chi connectivity index (χ2v) is 5.59. The lowest BCUT2D eigenvalue weighted by molar-refractivity contribution is 0.106. The Morgan fingerprint density at radius 1 is 1.04 bits per heavy atom. The molecule has 0 spiro atoms. The van der Waals surface area contributed by atoms with Crippen LogP contribution in [-0.4, -0.2) is 50.6 Å². The normalized spacial score (nSPS) is 11.5. The second kappa shape index (κ2) is 11.0. The van der Waals surface area contributed by atoms with E-state index in [2.05, 4.69) is 16.0 Å². The molecule has 140 valence electrons. The summed E-state index contributed by atoms with van der Waals surface area (Å²) >= 11 is 0. The van der Waals surface area contributed by atoms with Crippen molar-refractivity contribution in [2.75, 3.05) is 38.7 Å². The molecule has 0 radical (unpaired) electrons. The third kappa shape index (κ3) is 7.42. The Morgan fingerprint density at radius 2 is 1.77 bits per heavy atom. The third-order valence-corrected chi connectivity index (χ3v) is 3.50. The van der Waals surface area contributed by atoms with Crippen molar-refractivity contribution in [3.8, 4) is 11.5 Å². The summed E-state index contributed by atoms with van der Waals surface area (Å²) in [7, 11) is 1.59. The Morgan fingerprint density at radius 3 is 2.46 bits per heavy atom. The number of benzene rings is 2. The maximum atomic E-state index is 11.8. The molecule has 0 saturated carbocycles. The standard InChI is InChI=1S/C19H25N3O4/c1-25-17-9-7-15(8-10-17)22-19(24)21-12-11-20-13-16(23)14-26-18-5-3-2-4-6-18/h2-10,16,20,23H,11-14H2,1H3,(H2,21,22,24)/t16-/m1/s1. The molecule has 26 heavy (non-hydrogen) atoms. The van der Waals surface area contributed by atoms with Crippen molar-refractivity contribution in [3.63, 3.8) is 0 Å². The lowest BCUT2D eigenvalue weighted by Crippen LogP contribution is -2.38. The predicted molar refractivity (Wildman–Crippen MR) is 101 cm³/mol. The summed E-state index contributed by atoms with van der Waals surface area (Å²) in [6.07, 6.45) is -0.622. The Bertz CT molecular complexity index is 650. The highest BCUT2D eigenvalue weighted by Crippen LogP contribution is 2.14. The molecule has 0 bridgehead atoms. The van der Waals surface area contributed by atoms with Crippen molar-refractivity contribution >= 4 is 11.7 Å². The number of urea groups is 1. The predicted octanol–water partition coefficient (Wildman–Crippen LogP) is 1.85. The van der Waals surface area contributed by atoms with Gasteiger partial charge in [-0.1, -0.05) is 18.2 Å². The molecule has 0 aliphatic carbocycles. The summed E-state index contributed by atoms with van der Waals surface area (Å²) in [5, 5.41) is 18.4. The zero-order valence-corrected chi connectivity index (χ0v) is 14.8. The van der Waals surface area contributed by atoms with Crippen LogP contribution in [0.3, 0.4) is 0 Å². The Labute approximate surface area is 153 Å². The highest BCUT2D eigenvalue weighted by molar-refractivity contribution is 5.89. The van der Waals surface area contributed by atoms with Gasteiger partial charge in [-0.3, -0.25) is 0 Å². The molecule has 0 aromatic heterocycles. The van der Waals surface area contributed by atoms with E-state index in [4.69, 9.17) is 9.47 Å². The molecule has 7 heteroatoms. The lowest BCUT2D eigenvalue weighted by Gasteiger charge is -2.13.